The standard InChI is InChI=1S/C11H17NO/c1-4-7-13-9-10(5-2)8-11(12)6-3/h4-6,8H,1-2,7,9,12H2,3H3/b10-8+,11-6+. The van der Waals surface area contributed by atoms with Crippen molar-refractivity contribution in [3.8, 4) is 0 Å². The van der Waals surface area contributed by atoms with Gasteiger partial charge in [-0.25, -0.2) is 0 Å². The minimum atomic E-state index is 0.518. The van der Waals surface area contributed by atoms with Gasteiger partial charge in [0.25, 0.3) is 0 Å². The Kier molecular flexibility index (Phi) is 6.65. The Balaban J connectivity index is 4.09. The van der Waals surface area contributed by atoms with E-state index < -0.39 is 0 Å². The number of hydrogen-bond acceptors (Lipinski definition) is 2. The average molecular weight is 179 g/mol. The number of hydrogen-bond donors (Lipinski definition) is 1. The van der Waals surface area contributed by atoms with E-state index in [4.69, 9.17) is 10.5 Å². The lowest BCUT2D eigenvalue weighted by molar-refractivity contribution is 0.189. The average Bonchev–Trinajstić information content (AvgIpc) is 2.16. The van der Waals surface area contributed by atoms with Gasteiger partial charge in [-0.15, -0.1) is 6.58 Å². The lowest BCUT2D eigenvalue weighted by Crippen LogP contribution is -1.99. The summed E-state index contributed by atoms with van der Waals surface area (Å²) in [6.07, 6.45) is 7.12. The maximum absolute atomic E-state index is 5.61. The minimum Gasteiger partial charge on any atom is -0.399 e. The molecule has 0 saturated heterocycles. The van der Waals surface area contributed by atoms with Gasteiger partial charge in [-0.1, -0.05) is 24.8 Å². The highest BCUT2D eigenvalue weighted by molar-refractivity contribution is 5.27. The summed E-state index contributed by atoms with van der Waals surface area (Å²) < 4.78 is 5.24. The maximum Gasteiger partial charge on any atom is 0.0721 e. The van der Waals surface area contributed by atoms with Crippen molar-refractivity contribution < 1.29 is 4.74 Å². The molecule has 2 N–H and O–H groups in total. The van der Waals surface area contributed by atoms with Crippen molar-refractivity contribution in [1.82, 2.24) is 0 Å². The molecule has 0 aliphatic carbocycles. The monoisotopic (exact) mass is 179 g/mol. The Morgan fingerprint density at radius 1 is 1.46 bits per heavy atom. The molecular weight excluding hydrogens is 162 g/mol. The van der Waals surface area contributed by atoms with Crippen LogP contribution in [0.5, 0.6) is 0 Å². The zero-order valence-electron chi connectivity index (χ0n) is 8.12. The molecule has 0 amide bonds. The lowest BCUT2D eigenvalue weighted by atomic mass is 10.2. The number of nitrogens with two attached hydrogens (primary N) is 1. The van der Waals surface area contributed by atoms with E-state index in [2.05, 4.69) is 13.2 Å². The zero-order valence-corrected chi connectivity index (χ0v) is 8.12. The van der Waals surface area contributed by atoms with E-state index >= 15 is 0 Å². The molecule has 0 rings (SSSR count). The Hall–Kier alpha value is -1.28. The first kappa shape index (κ1) is 11.7. The summed E-state index contributed by atoms with van der Waals surface area (Å²) in [6.45, 7) is 10.2. The molecule has 0 aromatic heterocycles. The van der Waals surface area contributed by atoms with Crippen LogP contribution in [0.1, 0.15) is 6.92 Å². The van der Waals surface area contributed by atoms with E-state index in [1.54, 1.807) is 12.2 Å². The number of rotatable bonds is 6. The Labute approximate surface area is 80.1 Å². The van der Waals surface area contributed by atoms with E-state index in [0.717, 1.165) is 11.3 Å². The molecule has 0 atom stereocenters. The fourth-order valence-corrected chi connectivity index (χ4v) is 0.717. The third-order valence-electron chi connectivity index (χ3n) is 1.45. The van der Waals surface area contributed by atoms with Crippen LogP contribution in [-0.2, 0) is 4.74 Å². The van der Waals surface area contributed by atoms with Crippen molar-refractivity contribution in [2.75, 3.05) is 13.2 Å². The summed E-state index contributed by atoms with van der Waals surface area (Å²) in [7, 11) is 0. The first-order valence-electron chi connectivity index (χ1n) is 4.18. The largest absolute Gasteiger partial charge is 0.399 e. The molecule has 0 aliphatic heterocycles. The van der Waals surface area contributed by atoms with Crippen LogP contribution >= 0.6 is 0 Å². The molecule has 0 aromatic rings. The first-order chi connectivity index (χ1) is 6.24. The van der Waals surface area contributed by atoms with Gasteiger partial charge in [-0.05, 0) is 18.6 Å². The summed E-state index contributed by atoms with van der Waals surface area (Å²) >= 11 is 0. The molecule has 0 radical (unpaired) electrons. The molecule has 0 aliphatic rings. The van der Waals surface area contributed by atoms with Gasteiger partial charge in [0.15, 0.2) is 0 Å². The Morgan fingerprint density at radius 3 is 2.62 bits per heavy atom. The van der Waals surface area contributed by atoms with Crippen LogP contribution in [0.3, 0.4) is 0 Å². The Morgan fingerprint density at radius 2 is 2.15 bits per heavy atom. The van der Waals surface area contributed by atoms with Crippen molar-refractivity contribution >= 4 is 0 Å². The molecule has 13 heavy (non-hydrogen) atoms. The molecular formula is C11H17NO. The highest BCUT2D eigenvalue weighted by atomic mass is 16.5. The predicted octanol–water partition coefficient (Wildman–Crippen LogP) is 2.16. The lowest BCUT2D eigenvalue weighted by Gasteiger charge is -2.02. The summed E-state index contributed by atoms with van der Waals surface area (Å²) in [5.74, 6) is 0. The summed E-state index contributed by atoms with van der Waals surface area (Å²) in [5, 5.41) is 0. The van der Waals surface area contributed by atoms with Crippen molar-refractivity contribution in [3.05, 3.63) is 48.7 Å². The fraction of sp³-hybridized carbons (Fsp3) is 0.273. The second-order valence-electron chi connectivity index (χ2n) is 2.52. The number of ether oxygens (including phenoxy) is 1. The van der Waals surface area contributed by atoms with Crippen molar-refractivity contribution in [2.45, 2.75) is 6.92 Å². The molecule has 0 fully saturated rings. The summed E-state index contributed by atoms with van der Waals surface area (Å²) in [5.41, 5.74) is 7.30. The van der Waals surface area contributed by atoms with Crippen molar-refractivity contribution in [2.24, 2.45) is 5.73 Å². The van der Waals surface area contributed by atoms with Gasteiger partial charge in [0.05, 0.1) is 13.2 Å². The van der Waals surface area contributed by atoms with E-state index in [1.165, 1.54) is 0 Å². The highest BCUT2D eigenvalue weighted by Gasteiger charge is 1.91. The molecule has 0 bridgehead atoms. The van der Waals surface area contributed by atoms with Crippen molar-refractivity contribution in [1.29, 1.82) is 0 Å². The third-order valence-corrected chi connectivity index (χ3v) is 1.45. The quantitative estimate of drug-likeness (QED) is 0.385. The van der Waals surface area contributed by atoms with Crippen molar-refractivity contribution in [3.63, 3.8) is 0 Å². The highest BCUT2D eigenvalue weighted by Crippen LogP contribution is 2.00. The van der Waals surface area contributed by atoms with E-state index in [0.29, 0.717) is 13.2 Å². The predicted molar refractivity (Wildman–Crippen MR) is 57.2 cm³/mol. The molecule has 72 valence electrons. The molecule has 2 nitrogen and oxygen atoms in total. The number of allylic oxidation sites excluding steroid dienone is 2. The normalized spacial score (nSPS) is 12.7. The van der Waals surface area contributed by atoms with Crippen LogP contribution in [0.25, 0.3) is 0 Å². The topological polar surface area (TPSA) is 35.2 Å². The summed E-state index contributed by atoms with van der Waals surface area (Å²) in [6, 6.07) is 0. The van der Waals surface area contributed by atoms with Crippen LogP contribution in [0.15, 0.2) is 48.7 Å². The molecule has 0 spiro atoms. The maximum atomic E-state index is 5.61. The molecule has 0 saturated carbocycles. The van der Waals surface area contributed by atoms with Gasteiger partial charge < -0.3 is 10.5 Å². The minimum absolute atomic E-state index is 0.518. The molecule has 0 aromatic carbocycles. The van der Waals surface area contributed by atoms with Gasteiger partial charge in [0.2, 0.25) is 0 Å². The van der Waals surface area contributed by atoms with Crippen LogP contribution < -0.4 is 5.73 Å². The third kappa shape index (κ3) is 5.93. The van der Waals surface area contributed by atoms with E-state index in [1.807, 2.05) is 19.1 Å². The van der Waals surface area contributed by atoms with Gasteiger partial charge in [-0.3, -0.25) is 0 Å². The first-order valence-corrected chi connectivity index (χ1v) is 4.18. The van der Waals surface area contributed by atoms with Gasteiger partial charge in [0.1, 0.15) is 0 Å². The van der Waals surface area contributed by atoms with Crippen LogP contribution in [0, 0.1) is 0 Å². The van der Waals surface area contributed by atoms with Crippen LogP contribution in [0.4, 0.5) is 0 Å². The molecule has 0 unspecified atom stereocenters. The fourth-order valence-electron chi connectivity index (χ4n) is 0.717. The Bertz CT molecular complexity index is 226. The summed E-state index contributed by atoms with van der Waals surface area (Å²) in [4.78, 5) is 0. The van der Waals surface area contributed by atoms with Gasteiger partial charge in [0, 0.05) is 5.70 Å². The van der Waals surface area contributed by atoms with Crippen LogP contribution in [0.2, 0.25) is 0 Å². The second-order valence-corrected chi connectivity index (χ2v) is 2.52. The van der Waals surface area contributed by atoms with E-state index in [-0.39, 0.29) is 0 Å². The van der Waals surface area contributed by atoms with E-state index in [9.17, 15) is 0 Å². The smallest absolute Gasteiger partial charge is 0.0721 e. The molecule has 0 heterocycles. The van der Waals surface area contributed by atoms with Gasteiger partial charge in [-0.2, -0.15) is 0 Å². The van der Waals surface area contributed by atoms with Crippen LogP contribution in [-0.4, -0.2) is 13.2 Å². The second kappa shape index (κ2) is 7.37. The zero-order chi connectivity index (χ0) is 10.1. The SMILES string of the molecule is C=CCOC/C(C=C)=C/C(N)=C\C. The molecule has 2 heteroatoms. The van der Waals surface area contributed by atoms with Gasteiger partial charge >= 0.3 is 0 Å².